The standard InChI is InChI=1S/C23H20IN7/c1-16-6-5-9-19(27-16)23-22(18-10-11-21-25-15-26-31(21)13-18)28-20(29-23)14-30(24)12-17-7-3-2-4-8-17/h2-11,13,15H,12,14H2,1H3,(H,28,29). The molecule has 0 saturated carbocycles. The predicted molar refractivity (Wildman–Crippen MR) is 128 cm³/mol. The first-order valence-electron chi connectivity index (χ1n) is 9.93. The van der Waals surface area contributed by atoms with Gasteiger partial charge >= 0.3 is 0 Å². The Balaban J connectivity index is 1.51. The van der Waals surface area contributed by atoms with Crippen molar-refractivity contribution in [3.8, 4) is 22.6 Å². The average Bonchev–Trinajstić information content (AvgIpc) is 3.40. The maximum Gasteiger partial charge on any atom is 0.155 e. The Morgan fingerprint density at radius 1 is 0.968 bits per heavy atom. The lowest BCUT2D eigenvalue weighted by atomic mass is 10.1. The monoisotopic (exact) mass is 521 g/mol. The van der Waals surface area contributed by atoms with E-state index >= 15 is 0 Å². The van der Waals surface area contributed by atoms with Gasteiger partial charge in [0.15, 0.2) is 5.65 Å². The quantitative estimate of drug-likeness (QED) is 0.256. The molecular formula is C23H20IN7. The molecule has 0 atom stereocenters. The van der Waals surface area contributed by atoms with Gasteiger partial charge < -0.3 is 4.98 Å². The van der Waals surface area contributed by atoms with Crippen molar-refractivity contribution in [3.05, 3.63) is 90.3 Å². The molecule has 1 aromatic carbocycles. The van der Waals surface area contributed by atoms with Gasteiger partial charge in [0.2, 0.25) is 0 Å². The molecular weight excluding hydrogens is 501 g/mol. The fraction of sp³-hybridized carbons (Fsp3) is 0.130. The molecule has 0 bridgehead atoms. The number of fused-ring (bicyclic) bond motifs is 1. The molecule has 1 N–H and O–H groups in total. The predicted octanol–water partition coefficient (Wildman–Crippen LogP) is 4.84. The van der Waals surface area contributed by atoms with Crippen molar-refractivity contribution in [2.24, 2.45) is 0 Å². The molecule has 0 unspecified atom stereocenters. The van der Waals surface area contributed by atoms with Gasteiger partial charge in [0, 0.05) is 46.9 Å². The zero-order valence-corrected chi connectivity index (χ0v) is 19.1. The van der Waals surface area contributed by atoms with Gasteiger partial charge in [-0.25, -0.2) is 17.6 Å². The van der Waals surface area contributed by atoms with Crippen LogP contribution in [0.15, 0.2) is 73.2 Å². The maximum absolute atomic E-state index is 4.94. The summed E-state index contributed by atoms with van der Waals surface area (Å²) in [5, 5.41) is 4.27. The highest BCUT2D eigenvalue weighted by Crippen LogP contribution is 2.30. The summed E-state index contributed by atoms with van der Waals surface area (Å²) >= 11 is 2.35. The number of pyridine rings is 2. The number of rotatable bonds is 6. The summed E-state index contributed by atoms with van der Waals surface area (Å²) in [5.41, 5.74) is 6.62. The number of aromatic nitrogens is 6. The summed E-state index contributed by atoms with van der Waals surface area (Å²) in [6.45, 7) is 3.50. The molecule has 0 fully saturated rings. The highest BCUT2D eigenvalue weighted by Gasteiger charge is 2.17. The van der Waals surface area contributed by atoms with Crippen molar-refractivity contribution < 1.29 is 0 Å². The number of H-pyrrole nitrogens is 1. The van der Waals surface area contributed by atoms with E-state index in [4.69, 9.17) is 9.97 Å². The first kappa shape index (κ1) is 19.8. The first-order chi connectivity index (χ1) is 15.2. The van der Waals surface area contributed by atoms with E-state index < -0.39 is 0 Å². The van der Waals surface area contributed by atoms with E-state index in [1.807, 2.05) is 49.5 Å². The van der Waals surface area contributed by atoms with E-state index in [9.17, 15) is 0 Å². The highest BCUT2D eigenvalue weighted by atomic mass is 127. The molecule has 5 rings (SSSR count). The van der Waals surface area contributed by atoms with Crippen molar-refractivity contribution in [3.63, 3.8) is 0 Å². The molecule has 5 aromatic rings. The minimum absolute atomic E-state index is 0.680. The SMILES string of the molecule is Cc1cccc(-c2nc(CN(I)Cc3ccccc3)[nH]c2-c2ccc3ncnn3c2)n1. The number of aryl methyl sites for hydroxylation is 1. The summed E-state index contributed by atoms with van der Waals surface area (Å²) in [7, 11) is 0. The third-order valence-electron chi connectivity index (χ3n) is 4.96. The smallest absolute Gasteiger partial charge is 0.155 e. The molecule has 4 aromatic heterocycles. The van der Waals surface area contributed by atoms with Crippen LogP contribution < -0.4 is 0 Å². The fourth-order valence-corrected chi connectivity index (χ4v) is 4.25. The van der Waals surface area contributed by atoms with E-state index in [-0.39, 0.29) is 0 Å². The van der Waals surface area contributed by atoms with Gasteiger partial charge in [-0.2, -0.15) is 5.10 Å². The Morgan fingerprint density at radius 3 is 2.68 bits per heavy atom. The third kappa shape index (κ3) is 4.35. The van der Waals surface area contributed by atoms with Gasteiger partial charge in [0.1, 0.15) is 17.8 Å². The molecule has 0 amide bonds. The van der Waals surface area contributed by atoms with Crippen molar-refractivity contribution in [1.82, 2.24) is 32.7 Å². The molecule has 0 aliphatic rings. The number of aromatic amines is 1. The largest absolute Gasteiger partial charge is 0.340 e. The molecule has 31 heavy (non-hydrogen) atoms. The molecule has 154 valence electrons. The van der Waals surface area contributed by atoms with Crippen LogP contribution in [0.2, 0.25) is 0 Å². The Morgan fingerprint density at radius 2 is 1.84 bits per heavy atom. The number of imidazole rings is 1. The van der Waals surface area contributed by atoms with Gasteiger partial charge in [0.05, 0.1) is 17.9 Å². The van der Waals surface area contributed by atoms with Crippen LogP contribution in [-0.4, -0.2) is 32.7 Å². The number of hydrogen-bond donors (Lipinski definition) is 1. The second-order valence-corrected chi connectivity index (χ2v) is 8.68. The minimum atomic E-state index is 0.680. The molecule has 0 saturated heterocycles. The Hall–Kier alpha value is -3.11. The number of benzene rings is 1. The molecule has 8 heteroatoms. The third-order valence-corrected chi connectivity index (χ3v) is 5.65. The van der Waals surface area contributed by atoms with Crippen LogP contribution in [0.1, 0.15) is 17.1 Å². The van der Waals surface area contributed by atoms with Crippen LogP contribution in [0.3, 0.4) is 0 Å². The Labute approximate surface area is 193 Å². The van der Waals surface area contributed by atoms with Crippen LogP contribution in [0.4, 0.5) is 0 Å². The first-order valence-corrected chi connectivity index (χ1v) is 10.9. The molecule has 0 aliphatic heterocycles. The summed E-state index contributed by atoms with van der Waals surface area (Å²) in [4.78, 5) is 17.4. The normalized spacial score (nSPS) is 11.5. The van der Waals surface area contributed by atoms with Crippen LogP contribution in [-0.2, 0) is 13.1 Å². The van der Waals surface area contributed by atoms with E-state index in [2.05, 4.69) is 65.3 Å². The fourth-order valence-electron chi connectivity index (χ4n) is 3.53. The zero-order chi connectivity index (χ0) is 21.2. The summed E-state index contributed by atoms with van der Waals surface area (Å²) in [5.74, 6) is 0.886. The topological polar surface area (TPSA) is 75.0 Å². The summed E-state index contributed by atoms with van der Waals surface area (Å²) < 4.78 is 3.98. The van der Waals surface area contributed by atoms with Crippen molar-refractivity contribution in [2.75, 3.05) is 0 Å². The molecule has 4 heterocycles. The second kappa shape index (κ2) is 8.56. The van der Waals surface area contributed by atoms with E-state index in [0.29, 0.717) is 6.54 Å². The number of hydrogen-bond acceptors (Lipinski definition) is 5. The Bertz CT molecular complexity index is 1330. The maximum atomic E-state index is 4.94. The lowest BCUT2D eigenvalue weighted by molar-refractivity contribution is 0.490. The lowest BCUT2D eigenvalue weighted by Gasteiger charge is -2.12. The van der Waals surface area contributed by atoms with Gasteiger partial charge in [-0.05, 0) is 36.8 Å². The van der Waals surface area contributed by atoms with Gasteiger partial charge in [-0.1, -0.05) is 36.4 Å². The van der Waals surface area contributed by atoms with E-state index in [1.54, 1.807) is 10.8 Å². The van der Waals surface area contributed by atoms with Gasteiger partial charge in [-0.15, -0.1) is 0 Å². The molecule has 0 radical (unpaired) electrons. The van der Waals surface area contributed by atoms with E-state index in [0.717, 1.165) is 46.4 Å². The van der Waals surface area contributed by atoms with Crippen molar-refractivity contribution >= 4 is 28.5 Å². The van der Waals surface area contributed by atoms with Crippen LogP contribution >= 0.6 is 22.9 Å². The second-order valence-electron chi connectivity index (χ2n) is 7.32. The average molecular weight is 521 g/mol. The Kier molecular flexibility index (Phi) is 5.47. The van der Waals surface area contributed by atoms with Crippen molar-refractivity contribution in [1.29, 1.82) is 0 Å². The molecule has 0 aliphatic carbocycles. The minimum Gasteiger partial charge on any atom is -0.340 e. The van der Waals surface area contributed by atoms with Crippen LogP contribution in [0, 0.1) is 6.92 Å². The van der Waals surface area contributed by atoms with Gasteiger partial charge in [-0.3, -0.25) is 4.98 Å². The molecule has 7 nitrogen and oxygen atoms in total. The van der Waals surface area contributed by atoms with Crippen LogP contribution in [0.5, 0.6) is 0 Å². The van der Waals surface area contributed by atoms with Crippen molar-refractivity contribution in [2.45, 2.75) is 20.0 Å². The number of nitrogens with one attached hydrogen (secondary N) is 1. The number of nitrogens with zero attached hydrogens (tertiary/aromatic N) is 6. The summed E-state index contributed by atoms with van der Waals surface area (Å²) in [6.07, 6.45) is 3.52. The number of halogens is 1. The summed E-state index contributed by atoms with van der Waals surface area (Å²) in [6, 6.07) is 20.4. The highest BCUT2D eigenvalue weighted by molar-refractivity contribution is 14.1. The lowest BCUT2D eigenvalue weighted by Crippen LogP contribution is -2.11. The zero-order valence-electron chi connectivity index (χ0n) is 16.9. The van der Waals surface area contributed by atoms with E-state index in [1.165, 1.54) is 5.56 Å². The van der Waals surface area contributed by atoms with Gasteiger partial charge in [0.25, 0.3) is 0 Å². The molecule has 0 spiro atoms. The van der Waals surface area contributed by atoms with Crippen LogP contribution in [0.25, 0.3) is 28.3 Å².